The van der Waals surface area contributed by atoms with E-state index in [4.69, 9.17) is 23.2 Å². The van der Waals surface area contributed by atoms with Crippen molar-refractivity contribution in [3.63, 3.8) is 0 Å². The van der Waals surface area contributed by atoms with Gasteiger partial charge < -0.3 is 5.32 Å². The molecule has 0 unspecified atom stereocenters. The number of nitrogens with zero attached hydrogens (tertiary/aromatic N) is 2. The number of para-hydroxylation sites is 1. The normalized spacial score (nSPS) is 11.2. The molecule has 152 valence electrons. The molecule has 1 amide bonds. The number of aryl methyl sites for hydroxylation is 1. The molecule has 1 aromatic heterocycles. The zero-order chi connectivity index (χ0) is 21.0. The summed E-state index contributed by atoms with van der Waals surface area (Å²) in [4.78, 5) is 29.8. The number of amides is 1. The molecule has 29 heavy (non-hydrogen) atoms. The van der Waals surface area contributed by atoms with E-state index in [1.807, 2.05) is 32.0 Å². The minimum atomic E-state index is -0.132. The molecule has 0 bridgehead atoms. The minimum absolute atomic E-state index is 0.0573. The molecule has 2 aromatic carbocycles. The Morgan fingerprint density at radius 2 is 1.97 bits per heavy atom. The van der Waals surface area contributed by atoms with Gasteiger partial charge in [-0.2, -0.15) is 0 Å². The van der Waals surface area contributed by atoms with Gasteiger partial charge in [0.15, 0.2) is 5.16 Å². The second-order valence-corrected chi connectivity index (χ2v) is 8.65. The lowest BCUT2D eigenvalue weighted by Gasteiger charge is -2.14. The van der Waals surface area contributed by atoms with Crippen molar-refractivity contribution < 1.29 is 4.79 Å². The van der Waals surface area contributed by atoms with E-state index in [2.05, 4.69) is 10.3 Å². The highest BCUT2D eigenvalue weighted by atomic mass is 35.5. The summed E-state index contributed by atoms with van der Waals surface area (Å²) < 4.78 is 1.61. The second kappa shape index (κ2) is 9.65. The van der Waals surface area contributed by atoms with Crippen molar-refractivity contribution in [3.05, 3.63) is 68.4 Å². The molecule has 1 heterocycles. The zero-order valence-corrected chi connectivity index (χ0v) is 18.4. The molecule has 0 fully saturated rings. The second-order valence-electron chi connectivity index (χ2n) is 6.86. The Bertz CT molecular complexity index is 1100. The van der Waals surface area contributed by atoms with Gasteiger partial charge in [-0.3, -0.25) is 14.2 Å². The molecule has 0 radical (unpaired) electrons. The van der Waals surface area contributed by atoms with E-state index in [0.717, 1.165) is 5.56 Å². The lowest BCUT2D eigenvalue weighted by atomic mass is 10.1. The molecule has 0 atom stereocenters. The number of nitrogens with one attached hydrogen (secondary N) is 1. The maximum absolute atomic E-state index is 13.1. The van der Waals surface area contributed by atoms with Crippen molar-refractivity contribution in [1.29, 1.82) is 0 Å². The number of aromatic nitrogens is 2. The van der Waals surface area contributed by atoms with Crippen LogP contribution < -0.4 is 10.9 Å². The number of hydrogen-bond donors (Lipinski definition) is 1. The number of rotatable bonds is 7. The third kappa shape index (κ3) is 5.53. The standard InChI is InChI=1S/C21H21Cl2N3O2S/c1-13(2)24-19(27)12-29-21-25-18-6-4-3-5-16(18)20(28)26(21)10-9-14-7-8-15(22)11-17(14)23/h3-8,11,13H,9-10,12H2,1-2H3,(H,24,27). The minimum Gasteiger partial charge on any atom is -0.353 e. The Kier molecular flexibility index (Phi) is 7.22. The fourth-order valence-electron chi connectivity index (χ4n) is 2.91. The first-order valence-electron chi connectivity index (χ1n) is 9.21. The topological polar surface area (TPSA) is 64.0 Å². The molecular weight excluding hydrogens is 429 g/mol. The van der Waals surface area contributed by atoms with E-state index in [1.165, 1.54) is 11.8 Å². The zero-order valence-electron chi connectivity index (χ0n) is 16.1. The molecule has 3 aromatic rings. The molecule has 0 saturated heterocycles. The Morgan fingerprint density at radius 3 is 2.69 bits per heavy atom. The lowest BCUT2D eigenvalue weighted by Crippen LogP contribution is -2.32. The summed E-state index contributed by atoms with van der Waals surface area (Å²) in [6.07, 6.45) is 0.543. The van der Waals surface area contributed by atoms with Gasteiger partial charge in [0.05, 0.1) is 16.7 Å². The van der Waals surface area contributed by atoms with Crippen LogP contribution in [0.25, 0.3) is 10.9 Å². The van der Waals surface area contributed by atoms with Gasteiger partial charge in [-0.15, -0.1) is 0 Å². The summed E-state index contributed by atoms with van der Waals surface area (Å²) in [5.41, 5.74) is 1.38. The van der Waals surface area contributed by atoms with Crippen LogP contribution in [-0.2, 0) is 17.8 Å². The first-order valence-corrected chi connectivity index (χ1v) is 10.9. The average Bonchev–Trinajstić information content (AvgIpc) is 2.66. The number of halogens is 2. The summed E-state index contributed by atoms with van der Waals surface area (Å²) in [5, 5.41) is 5.03. The molecular formula is C21H21Cl2N3O2S. The smallest absolute Gasteiger partial charge is 0.262 e. The molecule has 0 spiro atoms. The quantitative estimate of drug-likeness (QED) is 0.423. The van der Waals surface area contributed by atoms with Crippen LogP contribution in [0, 0.1) is 0 Å². The molecule has 0 aliphatic heterocycles. The monoisotopic (exact) mass is 449 g/mol. The predicted molar refractivity (Wildman–Crippen MR) is 120 cm³/mol. The molecule has 0 saturated carbocycles. The Labute approximate surface area is 183 Å². The molecule has 5 nitrogen and oxygen atoms in total. The average molecular weight is 450 g/mol. The highest BCUT2D eigenvalue weighted by Gasteiger charge is 2.14. The number of carbonyl (C=O) groups excluding carboxylic acids is 1. The summed E-state index contributed by atoms with van der Waals surface area (Å²) >= 11 is 13.5. The molecule has 0 aliphatic rings. The number of hydrogen-bond acceptors (Lipinski definition) is 4. The van der Waals surface area contributed by atoms with Crippen LogP contribution in [0.15, 0.2) is 52.4 Å². The molecule has 1 N–H and O–H groups in total. The van der Waals surface area contributed by atoms with E-state index < -0.39 is 0 Å². The van der Waals surface area contributed by atoms with Gasteiger partial charge in [0.25, 0.3) is 5.56 Å². The van der Waals surface area contributed by atoms with Crippen LogP contribution in [0.5, 0.6) is 0 Å². The van der Waals surface area contributed by atoms with Gasteiger partial charge in [0.1, 0.15) is 0 Å². The van der Waals surface area contributed by atoms with Gasteiger partial charge in [0.2, 0.25) is 5.91 Å². The van der Waals surface area contributed by atoms with Crippen molar-refractivity contribution in [1.82, 2.24) is 14.9 Å². The first kappa shape index (κ1) is 21.7. The van der Waals surface area contributed by atoms with Crippen LogP contribution in [0.3, 0.4) is 0 Å². The summed E-state index contributed by atoms with van der Waals surface area (Å²) in [6.45, 7) is 4.21. The van der Waals surface area contributed by atoms with Crippen molar-refractivity contribution in [2.24, 2.45) is 0 Å². The summed E-state index contributed by atoms with van der Waals surface area (Å²) in [6, 6.07) is 12.6. The molecule has 3 rings (SSSR count). The van der Waals surface area contributed by atoms with Gasteiger partial charge in [-0.05, 0) is 50.1 Å². The Balaban J connectivity index is 1.91. The van der Waals surface area contributed by atoms with Crippen molar-refractivity contribution >= 4 is 51.8 Å². The number of thioether (sulfide) groups is 1. The van der Waals surface area contributed by atoms with Gasteiger partial charge >= 0.3 is 0 Å². The highest BCUT2D eigenvalue weighted by Crippen LogP contribution is 2.23. The number of benzene rings is 2. The Hall–Kier alpha value is -2.02. The third-order valence-corrected chi connectivity index (χ3v) is 5.79. The summed E-state index contributed by atoms with van der Waals surface area (Å²) in [7, 11) is 0. The van der Waals surface area contributed by atoms with Crippen molar-refractivity contribution in [2.45, 2.75) is 38.0 Å². The van der Waals surface area contributed by atoms with E-state index >= 15 is 0 Å². The van der Waals surface area contributed by atoms with Crippen LogP contribution in [0.1, 0.15) is 19.4 Å². The maximum Gasteiger partial charge on any atom is 0.262 e. The lowest BCUT2D eigenvalue weighted by molar-refractivity contribution is -0.119. The third-order valence-electron chi connectivity index (χ3n) is 4.23. The maximum atomic E-state index is 13.1. The summed E-state index contributed by atoms with van der Waals surface area (Å²) in [5.74, 6) is 0.0877. The first-order chi connectivity index (χ1) is 13.8. The van der Waals surface area contributed by atoms with E-state index in [-0.39, 0.29) is 23.3 Å². The van der Waals surface area contributed by atoms with Crippen LogP contribution in [0.4, 0.5) is 0 Å². The fraction of sp³-hybridized carbons (Fsp3) is 0.286. The predicted octanol–water partition coefficient (Wildman–Crippen LogP) is 4.56. The highest BCUT2D eigenvalue weighted by molar-refractivity contribution is 7.99. The molecule has 8 heteroatoms. The largest absolute Gasteiger partial charge is 0.353 e. The van der Waals surface area contributed by atoms with Gasteiger partial charge in [-0.25, -0.2) is 4.98 Å². The van der Waals surface area contributed by atoms with Crippen molar-refractivity contribution in [2.75, 3.05) is 5.75 Å². The van der Waals surface area contributed by atoms with Gasteiger partial charge in [0, 0.05) is 22.6 Å². The van der Waals surface area contributed by atoms with E-state index in [1.54, 1.807) is 28.8 Å². The van der Waals surface area contributed by atoms with Crippen LogP contribution in [-0.4, -0.2) is 27.3 Å². The Morgan fingerprint density at radius 1 is 1.21 bits per heavy atom. The van der Waals surface area contributed by atoms with E-state index in [0.29, 0.717) is 39.1 Å². The van der Waals surface area contributed by atoms with E-state index in [9.17, 15) is 9.59 Å². The van der Waals surface area contributed by atoms with Gasteiger partial charge in [-0.1, -0.05) is 53.2 Å². The van der Waals surface area contributed by atoms with Crippen LogP contribution in [0.2, 0.25) is 10.0 Å². The number of fused-ring (bicyclic) bond motifs is 1. The fourth-order valence-corrected chi connectivity index (χ4v) is 4.24. The number of carbonyl (C=O) groups is 1. The SMILES string of the molecule is CC(C)NC(=O)CSc1nc2ccccc2c(=O)n1CCc1ccc(Cl)cc1Cl. The molecule has 0 aliphatic carbocycles. The van der Waals surface area contributed by atoms with Crippen molar-refractivity contribution in [3.8, 4) is 0 Å². The van der Waals surface area contributed by atoms with Crippen LogP contribution >= 0.6 is 35.0 Å².